The summed E-state index contributed by atoms with van der Waals surface area (Å²) in [6.45, 7) is 3.60. The molecule has 1 aromatic rings. The Labute approximate surface area is 122 Å². The van der Waals surface area contributed by atoms with Gasteiger partial charge in [0.15, 0.2) is 0 Å². The van der Waals surface area contributed by atoms with E-state index in [9.17, 15) is 4.79 Å². The van der Waals surface area contributed by atoms with Gasteiger partial charge in [0, 0.05) is 15.7 Å². The summed E-state index contributed by atoms with van der Waals surface area (Å²) in [5.41, 5.74) is 6.87. The van der Waals surface area contributed by atoms with Gasteiger partial charge in [0.05, 0.1) is 12.1 Å². The minimum Gasteiger partial charge on any atom is -0.348 e. The fourth-order valence-electron chi connectivity index (χ4n) is 2.08. The van der Waals surface area contributed by atoms with E-state index in [1.807, 2.05) is 18.2 Å². The summed E-state index contributed by atoms with van der Waals surface area (Å²) in [6.07, 6.45) is 3.03. The number of carbonyl (C=O) groups excluding carboxylic acids is 1. The van der Waals surface area contributed by atoms with E-state index in [0.717, 1.165) is 17.7 Å². The average Bonchev–Trinajstić information content (AvgIpc) is 2.39. The van der Waals surface area contributed by atoms with E-state index in [4.69, 9.17) is 17.3 Å². The number of carbonyl (C=O) groups is 1. The van der Waals surface area contributed by atoms with Crippen molar-refractivity contribution in [2.75, 3.05) is 5.75 Å². The number of nitrogens with one attached hydrogen (secondary N) is 1. The van der Waals surface area contributed by atoms with E-state index in [1.54, 1.807) is 17.8 Å². The summed E-state index contributed by atoms with van der Waals surface area (Å²) in [6, 6.07) is 5.27. The van der Waals surface area contributed by atoms with Crippen molar-refractivity contribution < 1.29 is 4.79 Å². The molecule has 102 valence electrons. The molecule has 0 aromatic heterocycles. The molecule has 1 amide bonds. The molecule has 0 saturated carbocycles. The second-order valence-corrected chi connectivity index (χ2v) is 6.08. The third-order valence-electron chi connectivity index (χ3n) is 3.09. The highest BCUT2D eigenvalue weighted by Crippen LogP contribution is 2.37. The van der Waals surface area contributed by atoms with Gasteiger partial charge in [0.2, 0.25) is 5.91 Å². The lowest BCUT2D eigenvalue weighted by Gasteiger charge is -2.27. The molecule has 0 bridgehead atoms. The lowest BCUT2D eigenvalue weighted by Crippen LogP contribution is -2.42. The highest BCUT2D eigenvalue weighted by atomic mass is 35.5. The Hall–Kier alpha value is -0.970. The van der Waals surface area contributed by atoms with Gasteiger partial charge in [-0.25, -0.2) is 0 Å². The number of benzene rings is 1. The Balaban J connectivity index is 2.13. The number of hydrogen-bond acceptors (Lipinski definition) is 3. The smallest absolute Gasteiger partial charge is 0.237 e. The van der Waals surface area contributed by atoms with Crippen LogP contribution in [0.4, 0.5) is 0 Å². The molecule has 0 spiro atoms. The number of rotatable bonds is 4. The molecule has 3 nitrogen and oxygen atoms in total. The van der Waals surface area contributed by atoms with Gasteiger partial charge in [-0.2, -0.15) is 0 Å². The molecule has 2 unspecified atom stereocenters. The minimum atomic E-state index is -0.533. The van der Waals surface area contributed by atoms with Crippen LogP contribution in [0.25, 0.3) is 0 Å². The zero-order valence-corrected chi connectivity index (χ0v) is 12.1. The number of halogens is 1. The van der Waals surface area contributed by atoms with Crippen molar-refractivity contribution >= 4 is 29.3 Å². The second kappa shape index (κ2) is 6.46. The van der Waals surface area contributed by atoms with Crippen molar-refractivity contribution in [2.45, 2.75) is 29.8 Å². The average molecular weight is 297 g/mol. The van der Waals surface area contributed by atoms with Gasteiger partial charge in [-0.15, -0.1) is 18.3 Å². The summed E-state index contributed by atoms with van der Waals surface area (Å²) in [5, 5.41) is 3.69. The van der Waals surface area contributed by atoms with E-state index in [2.05, 4.69) is 11.9 Å². The topological polar surface area (TPSA) is 55.1 Å². The molecular weight excluding hydrogens is 280 g/mol. The van der Waals surface area contributed by atoms with Gasteiger partial charge in [-0.1, -0.05) is 17.7 Å². The largest absolute Gasteiger partial charge is 0.348 e. The standard InChI is InChI=1S/C14H17ClN2OS/c1-2-3-11(16)14(18)17-12-6-7-19-13-5-4-9(15)8-10(12)13/h2,4-5,8,11-12H,1,3,6-7,16H2,(H,17,18). The first-order chi connectivity index (χ1) is 9.11. The number of amides is 1. The van der Waals surface area contributed by atoms with Crippen LogP contribution in [0.1, 0.15) is 24.4 Å². The molecule has 2 rings (SSSR count). The molecule has 5 heteroatoms. The van der Waals surface area contributed by atoms with Crippen LogP contribution in [0.2, 0.25) is 5.02 Å². The van der Waals surface area contributed by atoms with Crippen LogP contribution < -0.4 is 11.1 Å². The molecule has 2 atom stereocenters. The van der Waals surface area contributed by atoms with E-state index < -0.39 is 6.04 Å². The molecule has 0 radical (unpaired) electrons. The maximum atomic E-state index is 12.0. The van der Waals surface area contributed by atoms with E-state index in [-0.39, 0.29) is 11.9 Å². The maximum absolute atomic E-state index is 12.0. The number of fused-ring (bicyclic) bond motifs is 1. The lowest BCUT2D eigenvalue weighted by molar-refractivity contribution is -0.123. The minimum absolute atomic E-state index is 0.00156. The highest BCUT2D eigenvalue weighted by Gasteiger charge is 2.24. The molecule has 1 heterocycles. The van der Waals surface area contributed by atoms with Gasteiger partial charge in [-0.05, 0) is 36.6 Å². The first kappa shape index (κ1) is 14.4. The Bertz CT molecular complexity index is 492. The summed E-state index contributed by atoms with van der Waals surface area (Å²) >= 11 is 7.82. The van der Waals surface area contributed by atoms with Crippen LogP contribution in [0.5, 0.6) is 0 Å². The molecule has 1 aliphatic rings. The van der Waals surface area contributed by atoms with Crippen LogP contribution in [-0.2, 0) is 4.79 Å². The Morgan fingerprint density at radius 2 is 2.47 bits per heavy atom. The van der Waals surface area contributed by atoms with Crippen LogP contribution in [0.15, 0.2) is 35.7 Å². The zero-order valence-electron chi connectivity index (χ0n) is 10.6. The van der Waals surface area contributed by atoms with Crippen molar-refractivity contribution in [3.05, 3.63) is 41.4 Å². The van der Waals surface area contributed by atoms with Crippen molar-refractivity contribution in [1.82, 2.24) is 5.32 Å². The first-order valence-corrected chi connectivity index (χ1v) is 7.57. The van der Waals surface area contributed by atoms with Gasteiger partial charge in [-0.3, -0.25) is 4.79 Å². The molecule has 3 N–H and O–H groups in total. The maximum Gasteiger partial charge on any atom is 0.237 e. The van der Waals surface area contributed by atoms with Gasteiger partial charge < -0.3 is 11.1 Å². The van der Waals surface area contributed by atoms with Gasteiger partial charge >= 0.3 is 0 Å². The van der Waals surface area contributed by atoms with Crippen LogP contribution in [-0.4, -0.2) is 17.7 Å². The quantitative estimate of drug-likeness (QED) is 0.840. The highest BCUT2D eigenvalue weighted by molar-refractivity contribution is 7.99. The van der Waals surface area contributed by atoms with Crippen molar-refractivity contribution in [3.8, 4) is 0 Å². The molecule has 0 fully saturated rings. The van der Waals surface area contributed by atoms with Crippen molar-refractivity contribution in [1.29, 1.82) is 0 Å². The van der Waals surface area contributed by atoms with Crippen LogP contribution in [0.3, 0.4) is 0 Å². The fraction of sp³-hybridized carbons (Fsp3) is 0.357. The Morgan fingerprint density at radius 1 is 1.68 bits per heavy atom. The van der Waals surface area contributed by atoms with Crippen molar-refractivity contribution in [3.63, 3.8) is 0 Å². The monoisotopic (exact) mass is 296 g/mol. The molecule has 1 aliphatic heterocycles. The summed E-state index contributed by atoms with van der Waals surface area (Å²) in [4.78, 5) is 13.2. The second-order valence-electron chi connectivity index (χ2n) is 4.51. The first-order valence-electron chi connectivity index (χ1n) is 6.21. The lowest BCUT2D eigenvalue weighted by atomic mass is 10.0. The fourth-order valence-corrected chi connectivity index (χ4v) is 3.37. The number of hydrogen-bond donors (Lipinski definition) is 2. The predicted molar refractivity (Wildman–Crippen MR) is 80.5 cm³/mol. The van der Waals surface area contributed by atoms with Crippen LogP contribution >= 0.6 is 23.4 Å². The Morgan fingerprint density at radius 3 is 3.21 bits per heavy atom. The predicted octanol–water partition coefficient (Wildman–Crippen LogP) is 2.90. The SMILES string of the molecule is C=CCC(N)C(=O)NC1CCSc2ccc(Cl)cc21. The summed E-state index contributed by atoms with van der Waals surface area (Å²) < 4.78 is 0. The Kier molecular flexibility index (Phi) is 4.91. The van der Waals surface area contributed by atoms with E-state index >= 15 is 0 Å². The number of thioether (sulfide) groups is 1. The third-order valence-corrected chi connectivity index (χ3v) is 4.44. The van der Waals surface area contributed by atoms with E-state index in [1.165, 1.54) is 4.90 Å². The molecule has 0 aliphatic carbocycles. The summed E-state index contributed by atoms with van der Waals surface area (Å²) in [5.74, 6) is 0.846. The third kappa shape index (κ3) is 3.53. The molecule has 1 aromatic carbocycles. The van der Waals surface area contributed by atoms with Gasteiger partial charge in [0.25, 0.3) is 0 Å². The van der Waals surface area contributed by atoms with Crippen LogP contribution in [0, 0.1) is 0 Å². The molecular formula is C14H17ClN2OS. The molecule has 0 saturated heterocycles. The number of nitrogens with two attached hydrogens (primary N) is 1. The summed E-state index contributed by atoms with van der Waals surface area (Å²) in [7, 11) is 0. The zero-order chi connectivity index (χ0) is 13.8. The van der Waals surface area contributed by atoms with Crippen molar-refractivity contribution in [2.24, 2.45) is 5.73 Å². The van der Waals surface area contributed by atoms with E-state index in [0.29, 0.717) is 11.4 Å². The normalized spacial score (nSPS) is 19.4. The molecule has 19 heavy (non-hydrogen) atoms. The van der Waals surface area contributed by atoms with Gasteiger partial charge in [0.1, 0.15) is 0 Å².